The molecule has 31 heavy (non-hydrogen) atoms. The Labute approximate surface area is 184 Å². The highest BCUT2D eigenvalue weighted by Gasteiger charge is 2.22. The summed E-state index contributed by atoms with van der Waals surface area (Å²) in [6.45, 7) is 1.79. The van der Waals surface area contributed by atoms with Crippen LogP contribution in [0.3, 0.4) is 0 Å². The number of nitrogens with zero attached hydrogens (tertiary/aromatic N) is 2. The second-order valence-electron chi connectivity index (χ2n) is 7.88. The van der Waals surface area contributed by atoms with E-state index in [0.717, 1.165) is 42.6 Å². The van der Waals surface area contributed by atoms with Crippen molar-refractivity contribution in [3.8, 4) is 0 Å². The lowest BCUT2D eigenvalue weighted by atomic mass is 9.95. The van der Waals surface area contributed by atoms with Crippen molar-refractivity contribution in [3.05, 3.63) is 63.0 Å². The van der Waals surface area contributed by atoms with Crippen molar-refractivity contribution in [3.63, 3.8) is 0 Å². The van der Waals surface area contributed by atoms with Gasteiger partial charge in [0.2, 0.25) is 5.91 Å². The van der Waals surface area contributed by atoms with Gasteiger partial charge in [-0.1, -0.05) is 49.6 Å². The zero-order valence-electron chi connectivity index (χ0n) is 17.4. The molecule has 162 valence electrons. The molecule has 3 aromatic rings. The van der Waals surface area contributed by atoms with Crippen LogP contribution in [0.4, 0.5) is 0 Å². The maximum absolute atomic E-state index is 13.0. The van der Waals surface area contributed by atoms with E-state index >= 15 is 0 Å². The van der Waals surface area contributed by atoms with Crippen molar-refractivity contribution in [1.29, 1.82) is 0 Å². The SMILES string of the molecule is Cc1c(C(=O)OCc2ccccc2)sc2ncn(CC(=O)NC3CCCCC3)c(=O)c12. The number of esters is 1. The van der Waals surface area contributed by atoms with Crippen LogP contribution in [-0.2, 0) is 22.7 Å². The summed E-state index contributed by atoms with van der Waals surface area (Å²) in [5, 5.41) is 3.38. The molecule has 0 unspecified atom stereocenters. The van der Waals surface area contributed by atoms with E-state index < -0.39 is 5.97 Å². The molecular weight excluding hydrogens is 414 g/mol. The van der Waals surface area contributed by atoms with Gasteiger partial charge in [0, 0.05) is 6.04 Å². The number of hydrogen-bond donors (Lipinski definition) is 1. The van der Waals surface area contributed by atoms with Gasteiger partial charge in [-0.2, -0.15) is 0 Å². The summed E-state index contributed by atoms with van der Waals surface area (Å²) in [4.78, 5) is 43.1. The van der Waals surface area contributed by atoms with Gasteiger partial charge in [-0.3, -0.25) is 14.2 Å². The number of amides is 1. The molecule has 1 N–H and O–H groups in total. The van der Waals surface area contributed by atoms with Crippen molar-refractivity contribution in [1.82, 2.24) is 14.9 Å². The molecule has 0 bridgehead atoms. The molecule has 4 rings (SSSR count). The fraction of sp³-hybridized carbons (Fsp3) is 0.391. The molecule has 1 aromatic carbocycles. The Morgan fingerprint density at radius 2 is 1.94 bits per heavy atom. The summed E-state index contributed by atoms with van der Waals surface area (Å²) in [6, 6.07) is 9.60. The van der Waals surface area contributed by atoms with Gasteiger partial charge in [0.25, 0.3) is 5.56 Å². The summed E-state index contributed by atoms with van der Waals surface area (Å²) in [5.41, 5.74) is 1.11. The van der Waals surface area contributed by atoms with Gasteiger partial charge in [0.15, 0.2) is 0 Å². The minimum absolute atomic E-state index is 0.0820. The molecule has 0 atom stereocenters. The second-order valence-corrected chi connectivity index (χ2v) is 8.88. The average Bonchev–Trinajstić information content (AvgIpc) is 3.12. The van der Waals surface area contributed by atoms with E-state index in [1.54, 1.807) is 6.92 Å². The van der Waals surface area contributed by atoms with Crippen LogP contribution in [0.5, 0.6) is 0 Å². The third-order valence-electron chi connectivity index (χ3n) is 5.60. The molecule has 7 nitrogen and oxygen atoms in total. The number of carbonyl (C=O) groups excluding carboxylic acids is 2. The fourth-order valence-electron chi connectivity index (χ4n) is 3.93. The number of hydrogen-bond acceptors (Lipinski definition) is 6. The largest absolute Gasteiger partial charge is 0.457 e. The number of thiophene rings is 1. The number of rotatable bonds is 6. The number of benzene rings is 1. The van der Waals surface area contributed by atoms with Gasteiger partial charge >= 0.3 is 5.97 Å². The minimum atomic E-state index is -0.481. The summed E-state index contributed by atoms with van der Waals surface area (Å²) in [7, 11) is 0. The van der Waals surface area contributed by atoms with E-state index in [1.165, 1.54) is 17.3 Å². The molecule has 0 saturated heterocycles. The van der Waals surface area contributed by atoms with Crippen molar-refractivity contribution in [2.45, 2.75) is 58.2 Å². The summed E-state index contributed by atoms with van der Waals surface area (Å²) in [6.07, 6.45) is 6.79. The number of nitrogens with one attached hydrogen (secondary N) is 1. The first-order valence-electron chi connectivity index (χ1n) is 10.5. The maximum Gasteiger partial charge on any atom is 0.349 e. The molecule has 1 aliphatic rings. The number of fused-ring (bicyclic) bond motifs is 1. The molecule has 2 heterocycles. The summed E-state index contributed by atoms with van der Waals surface area (Å²) in [5.74, 6) is -0.670. The first-order valence-corrected chi connectivity index (χ1v) is 11.3. The number of aromatic nitrogens is 2. The zero-order valence-corrected chi connectivity index (χ0v) is 18.2. The first kappa shape index (κ1) is 21.2. The van der Waals surface area contributed by atoms with Crippen LogP contribution >= 0.6 is 11.3 Å². The molecule has 1 fully saturated rings. The molecule has 0 spiro atoms. The van der Waals surface area contributed by atoms with E-state index in [-0.39, 0.29) is 30.7 Å². The molecule has 8 heteroatoms. The van der Waals surface area contributed by atoms with Crippen LogP contribution in [0.15, 0.2) is 41.5 Å². The van der Waals surface area contributed by atoms with Crippen molar-refractivity contribution in [2.24, 2.45) is 0 Å². The summed E-state index contributed by atoms with van der Waals surface area (Å²) >= 11 is 1.14. The van der Waals surface area contributed by atoms with E-state index in [4.69, 9.17) is 4.74 Å². The van der Waals surface area contributed by atoms with Crippen LogP contribution in [0.25, 0.3) is 10.2 Å². The Balaban J connectivity index is 1.49. The van der Waals surface area contributed by atoms with E-state index in [2.05, 4.69) is 10.3 Å². The first-order chi connectivity index (χ1) is 15.0. The predicted molar refractivity (Wildman–Crippen MR) is 119 cm³/mol. The van der Waals surface area contributed by atoms with Gasteiger partial charge in [0.05, 0.1) is 11.7 Å². The molecule has 1 saturated carbocycles. The number of carbonyl (C=O) groups is 2. The topological polar surface area (TPSA) is 90.3 Å². The normalized spacial score (nSPS) is 14.5. The monoisotopic (exact) mass is 439 g/mol. The zero-order chi connectivity index (χ0) is 21.8. The Hall–Kier alpha value is -3.00. The van der Waals surface area contributed by atoms with E-state index in [9.17, 15) is 14.4 Å². The van der Waals surface area contributed by atoms with Crippen LogP contribution in [0.1, 0.15) is 52.9 Å². The van der Waals surface area contributed by atoms with Gasteiger partial charge in [-0.05, 0) is 30.9 Å². The van der Waals surface area contributed by atoms with Crippen LogP contribution in [0, 0.1) is 6.92 Å². The Morgan fingerprint density at radius 3 is 2.68 bits per heavy atom. The van der Waals surface area contributed by atoms with Crippen molar-refractivity contribution >= 4 is 33.4 Å². The predicted octanol–water partition coefficient (Wildman–Crippen LogP) is 3.57. The standard InChI is InChI=1S/C23H25N3O4S/c1-15-19-21(31-20(15)23(29)30-13-16-8-4-2-5-9-16)24-14-26(22(19)28)12-18(27)25-17-10-6-3-7-11-17/h2,4-5,8-9,14,17H,3,6-7,10-13H2,1H3,(H,25,27). The molecule has 1 aliphatic carbocycles. The maximum atomic E-state index is 13.0. The lowest BCUT2D eigenvalue weighted by Gasteiger charge is -2.22. The number of ether oxygens (including phenoxy) is 1. The van der Waals surface area contributed by atoms with Crippen molar-refractivity contribution < 1.29 is 14.3 Å². The second kappa shape index (κ2) is 9.43. The third-order valence-corrected chi connectivity index (χ3v) is 6.78. The van der Waals surface area contributed by atoms with E-state index in [0.29, 0.717) is 20.7 Å². The van der Waals surface area contributed by atoms with Gasteiger partial charge in [-0.25, -0.2) is 9.78 Å². The third kappa shape index (κ3) is 4.85. The van der Waals surface area contributed by atoms with Crippen molar-refractivity contribution in [2.75, 3.05) is 0 Å². The average molecular weight is 440 g/mol. The highest BCUT2D eigenvalue weighted by molar-refractivity contribution is 7.20. The Kier molecular flexibility index (Phi) is 6.46. The number of aryl methyl sites for hydroxylation is 1. The fourth-order valence-corrected chi connectivity index (χ4v) is 4.96. The lowest BCUT2D eigenvalue weighted by Crippen LogP contribution is -2.39. The minimum Gasteiger partial charge on any atom is -0.457 e. The van der Waals surface area contributed by atoms with Gasteiger partial charge < -0.3 is 10.1 Å². The van der Waals surface area contributed by atoms with Crippen LogP contribution < -0.4 is 10.9 Å². The Morgan fingerprint density at radius 1 is 1.19 bits per heavy atom. The quantitative estimate of drug-likeness (QED) is 0.593. The van der Waals surface area contributed by atoms with Gasteiger partial charge in [0.1, 0.15) is 22.9 Å². The Bertz CT molecular complexity index is 1150. The van der Waals surface area contributed by atoms with Crippen LogP contribution in [-0.4, -0.2) is 27.5 Å². The van der Waals surface area contributed by atoms with E-state index in [1.807, 2.05) is 30.3 Å². The van der Waals surface area contributed by atoms with Crippen LogP contribution in [0.2, 0.25) is 0 Å². The highest BCUT2D eigenvalue weighted by atomic mass is 32.1. The summed E-state index contributed by atoms with van der Waals surface area (Å²) < 4.78 is 6.72. The molecule has 0 radical (unpaired) electrons. The molecule has 2 aromatic heterocycles. The molecular formula is C23H25N3O4S. The highest BCUT2D eigenvalue weighted by Crippen LogP contribution is 2.27. The smallest absolute Gasteiger partial charge is 0.349 e. The lowest BCUT2D eigenvalue weighted by molar-refractivity contribution is -0.122. The molecule has 0 aliphatic heterocycles. The van der Waals surface area contributed by atoms with Gasteiger partial charge in [-0.15, -0.1) is 11.3 Å². The molecule has 1 amide bonds.